The third-order valence-electron chi connectivity index (χ3n) is 3.18. The fourth-order valence-corrected chi connectivity index (χ4v) is 2.45. The van der Waals surface area contributed by atoms with Crippen LogP contribution in [0.3, 0.4) is 0 Å². The lowest BCUT2D eigenvalue weighted by Crippen LogP contribution is -2.24. The van der Waals surface area contributed by atoms with Gasteiger partial charge in [0.25, 0.3) is 0 Å². The van der Waals surface area contributed by atoms with Gasteiger partial charge in [-0.05, 0) is 37.3 Å². The molecule has 0 aliphatic rings. The molecule has 0 aliphatic heterocycles. The Kier molecular flexibility index (Phi) is 6.66. The number of hydrogen-bond donors (Lipinski definition) is 2. The van der Waals surface area contributed by atoms with E-state index in [1.807, 2.05) is 0 Å². The quantitative estimate of drug-likeness (QED) is 0.780. The van der Waals surface area contributed by atoms with Crippen molar-refractivity contribution in [3.63, 3.8) is 0 Å². The van der Waals surface area contributed by atoms with Crippen LogP contribution < -0.4 is 10.1 Å². The Bertz CT molecular complexity index is 665. The molecule has 1 unspecified atom stereocenters. The van der Waals surface area contributed by atoms with Gasteiger partial charge in [0.2, 0.25) is 0 Å². The summed E-state index contributed by atoms with van der Waals surface area (Å²) in [5.41, 5.74) is 1.57. The van der Waals surface area contributed by atoms with Crippen LogP contribution in [-0.2, 0) is 13.2 Å². The summed E-state index contributed by atoms with van der Waals surface area (Å²) in [7, 11) is 0. The highest BCUT2D eigenvalue weighted by Crippen LogP contribution is 2.25. The van der Waals surface area contributed by atoms with Crippen molar-refractivity contribution in [2.24, 2.45) is 0 Å². The average molecular weight is 358 g/mol. The Balaban J connectivity index is 2.06. The molecule has 0 heterocycles. The van der Waals surface area contributed by atoms with Gasteiger partial charge in [-0.1, -0.05) is 29.3 Å². The van der Waals surface area contributed by atoms with E-state index in [0.29, 0.717) is 34.4 Å². The third kappa shape index (κ3) is 5.66. The number of aliphatic hydroxyl groups excluding tert-OH is 1. The van der Waals surface area contributed by atoms with E-state index in [0.717, 1.165) is 5.56 Å². The van der Waals surface area contributed by atoms with Crippen molar-refractivity contribution < 1.29 is 14.2 Å². The minimum Gasteiger partial charge on any atom is -0.489 e. The predicted molar refractivity (Wildman–Crippen MR) is 90.6 cm³/mol. The van der Waals surface area contributed by atoms with Crippen LogP contribution in [0.15, 0.2) is 36.4 Å². The monoisotopic (exact) mass is 357 g/mol. The number of halogens is 3. The van der Waals surface area contributed by atoms with Gasteiger partial charge in [0.15, 0.2) is 0 Å². The van der Waals surface area contributed by atoms with E-state index >= 15 is 0 Å². The van der Waals surface area contributed by atoms with E-state index in [9.17, 15) is 9.50 Å². The normalized spacial score (nSPS) is 12.2. The van der Waals surface area contributed by atoms with Gasteiger partial charge >= 0.3 is 0 Å². The van der Waals surface area contributed by atoms with Crippen molar-refractivity contribution in [2.75, 3.05) is 6.54 Å². The molecule has 1 atom stereocenters. The molecule has 0 fully saturated rings. The SMILES string of the molecule is CC(O)CNCc1cc(Cl)ccc1OCc1ccc(F)cc1Cl. The number of benzene rings is 2. The molecule has 2 aromatic rings. The highest BCUT2D eigenvalue weighted by Gasteiger charge is 2.08. The fourth-order valence-electron chi connectivity index (χ4n) is 2.04. The fraction of sp³-hybridized carbons (Fsp3) is 0.294. The molecule has 2 aromatic carbocycles. The van der Waals surface area contributed by atoms with Gasteiger partial charge in [0.1, 0.15) is 18.2 Å². The van der Waals surface area contributed by atoms with Crippen LogP contribution in [0.5, 0.6) is 5.75 Å². The molecular formula is C17H18Cl2FNO2. The smallest absolute Gasteiger partial charge is 0.124 e. The zero-order chi connectivity index (χ0) is 16.8. The maximum absolute atomic E-state index is 13.1. The average Bonchev–Trinajstić information content (AvgIpc) is 2.47. The van der Waals surface area contributed by atoms with Crippen molar-refractivity contribution in [3.8, 4) is 5.75 Å². The molecule has 0 radical (unpaired) electrons. The van der Waals surface area contributed by atoms with Gasteiger partial charge in [-0.2, -0.15) is 0 Å². The van der Waals surface area contributed by atoms with Gasteiger partial charge in [-0.3, -0.25) is 0 Å². The van der Waals surface area contributed by atoms with Crippen molar-refractivity contribution in [1.82, 2.24) is 5.32 Å². The Morgan fingerprint density at radius 3 is 2.65 bits per heavy atom. The zero-order valence-electron chi connectivity index (χ0n) is 12.7. The van der Waals surface area contributed by atoms with Crippen LogP contribution in [0.4, 0.5) is 4.39 Å². The molecule has 23 heavy (non-hydrogen) atoms. The molecule has 0 amide bonds. The van der Waals surface area contributed by atoms with Gasteiger partial charge < -0.3 is 15.2 Å². The summed E-state index contributed by atoms with van der Waals surface area (Å²) in [6.07, 6.45) is -0.434. The van der Waals surface area contributed by atoms with Crippen LogP contribution in [0, 0.1) is 5.82 Å². The Labute approximate surface area is 145 Å². The molecule has 2 N–H and O–H groups in total. The second kappa shape index (κ2) is 8.50. The maximum atomic E-state index is 13.1. The van der Waals surface area contributed by atoms with E-state index in [2.05, 4.69) is 5.32 Å². The summed E-state index contributed by atoms with van der Waals surface area (Å²) in [6.45, 7) is 2.91. The molecule has 0 saturated heterocycles. The predicted octanol–water partition coefficient (Wildman–Crippen LogP) is 4.18. The highest BCUT2D eigenvalue weighted by molar-refractivity contribution is 6.31. The molecule has 124 valence electrons. The standard InChI is InChI=1S/C17H18Cl2FNO2/c1-11(22)8-21-9-13-6-14(18)3-5-17(13)23-10-12-2-4-15(20)7-16(12)19/h2-7,11,21-22H,8-10H2,1H3. The van der Waals surface area contributed by atoms with Crippen molar-refractivity contribution in [1.29, 1.82) is 0 Å². The molecule has 0 spiro atoms. The summed E-state index contributed by atoms with van der Waals surface area (Å²) in [4.78, 5) is 0. The van der Waals surface area contributed by atoms with E-state index in [-0.39, 0.29) is 12.4 Å². The first kappa shape index (κ1) is 18.0. The van der Waals surface area contributed by atoms with E-state index in [1.54, 1.807) is 31.2 Å². The summed E-state index contributed by atoms with van der Waals surface area (Å²) in [5, 5.41) is 13.3. The number of ether oxygens (including phenoxy) is 1. The second-order valence-electron chi connectivity index (χ2n) is 5.26. The number of rotatable bonds is 7. The first-order valence-corrected chi connectivity index (χ1v) is 7.95. The van der Waals surface area contributed by atoms with Gasteiger partial charge in [-0.25, -0.2) is 4.39 Å². The number of nitrogens with one attached hydrogen (secondary N) is 1. The summed E-state index contributed by atoms with van der Waals surface area (Å²) >= 11 is 12.0. The summed E-state index contributed by atoms with van der Waals surface area (Å²) < 4.78 is 18.8. The third-order valence-corrected chi connectivity index (χ3v) is 3.76. The molecule has 0 aromatic heterocycles. The molecule has 0 bridgehead atoms. The van der Waals surface area contributed by atoms with Crippen LogP contribution in [0.2, 0.25) is 10.0 Å². The molecule has 0 saturated carbocycles. The Morgan fingerprint density at radius 1 is 1.17 bits per heavy atom. The summed E-state index contributed by atoms with van der Waals surface area (Å²) in [6, 6.07) is 9.52. The highest BCUT2D eigenvalue weighted by atomic mass is 35.5. The minimum atomic E-state index is -0.434. The first-order valence-electron chi connectivity index (χ1n) is 7.19. The van der Waals surface area contributed by atoms with Crippen molar-refractivity contribution in [2.45, 2.75) is 26.2 Å². The minimum absolute atomic E-state index is 0.226. The lowest BCUT2D eigenvalue weighted by Gasteiger charge is -2.14. The molecule has 0 aliphatic carbocycles. The molecule has 3 nitrogen and oxygen atoms in total. The van der Waals surface area contributed by atoms with Gasteiger partial charge in [-0.15, -0.1) is 0 Å². The topological polar surface area (TPSA) is 41.5 Å². The Morgan fingerprint density at radius 2 is 1.96 bits per heavy atom. The van der Waals surface area contributed by atoms with Gasteiger partial charge in [0, 0.05) is 29.2 Å². The van der Waals surface area contributed by atoms with E-state index in [1.165, 1.54) is 12.1 Å². The lowest BCUT2D eigenvalue weighted by atomic mass is 10.2. The number of aliphatic hydroxyl groups is 1. The van der Waals surface area contributed by atoms with Gasteiger partial charge in [0.05, 0.1) is 11.1 Å². The molecule has 6 heteroatoms. The first-order chi connectivity index (χ1) is 11.0. The maximum Gasteiger partial charge on any atom is 0.124 e. The second-order valence-corrected chi connectivity index (χ2v) is 6.10. The lowest BCUT2D eigenvalue weighted by molar-refractivity contribution is 0.190. The van der Waals surface area contributed by atoms with E-state index < -0.39 is 6.10 Å². The number of hydrogen-bond acceptors (Lipinski definition) is 3. The van der Waals surface area contributed by atoms with Crippen LogP contribution >= 0.6 is 23.2 Å². The van der Waals surface area contributed by atoms with Crippen LogP contribution in [-0.4, -0.2) is 17.8 Å². The largest absolute Gasteiger partial charge is 0.489 e. The van der Waals surface area contributed by atoms with Crippen molar-refractivity contribution in [3.05, 3.63) is 63.4 Å². The zero-order valence-corrected chi connectivity index (χ0v) is 14.2. The molecule has 2 rings (SSSR count). The van der Waals surface area contributed by atoms with Crippen molar-refractivity contribution >= 4 is 23.2 Å². The van der Waals surface area contributed by atoms with E-state index in [4.69, 9.17) is 27.9 Å². The van der Waals surface area contributed by atoms with Crippen LogP contribution in [0.1, 0.15) is 18.1 Å². The summed E-state index contributed by atoms with van der Waals surface area (Å²) in [5.74, 6) is 0.279. The Hall–Kier alpha value is -1.33. The van der Waals surface area contributed by atoms with Crippen LogP contribution in [0.25, 0.3) is 0 Å². The molecular weight excluding hydrogens is 340 g/mol.